The van der Waals surface area contributed by atoms with Crippen molar-refractivity contribution in [3.63, 3.8) is 0 Å². The minimum absolute atomic E-state index is 0. The van der Waals surface area contributed by atoms with E-state index in [9.17, 15) is 124 Å². The summed E-state index contributed by atoms with van der Waals surface area (Å²) in [6.07, 6.45) is -11.7. The highest BCUT2D eigenvalue weighted by atomic mass is 31.2. The maximum atomic E-state index is 13.7. The van der Waals surface area contributed by atoms with Gasteiger partial charge in [0.15, 0.2) is 0 Å². The minimum atomic E-state index is -9.69. The molecule has 46 heavy (non-hydrogen) atoms. The summed E-state index contributed by atoms with van der Waals surface area (Å²) in [5.74, 6) is -99.9. The molecule has 6 nitrogen and oxygen atoms in total. The predicted molar refractivity (Wildman–Crippen MR) is 90.6 cm³/mol. The van der Waals surface area contributed by atoms with Crippen molar-refractivity contribution in [1.29, 1.82) is 0 Å². The number of rotatable bonds is 14. The third-order valence-corrected chi connectivity index (χ3v) is 5.53. The molecule has 0 aliphatic heterocycles. The number of phosphoric acid groups is 1. The van der Waals surface area contributed by atoms with E-state index < -0.39 is 92.2 Å². The Morgan fingerprint density at radius 2 is 0.587 bits per heavy atom. The lowest BCUT2D eigenvalue weighted by Gasteiger charge is -2.45. The van der Waals surface area contributed by atoms with Crippen molar-refractivity contribution in [3.8, 4) is 0 Å². The second kappa shape index (κ2) is 12.3. The Labute approximate surface area is 234 Å². The SMILES string of the molecule is O=P([O-])([O-])OCCC(F)(F)C(F)(F)C(F)(F)C(F)(F)C(F)(F)C(F)(F)C(F)(F)C(F)(F)C(F)(F)C(F)(F)C(F)(F)C(F)(F)F.[NH4+].[NH4+]. The summed E-state index contributed by atoms with van der Waals surface area (Å²) in [6.45, 7) is -2.75. The summed E-state index contributed by atoms with van der Waals surface area (Å²) in [6, 6.07) is 0. The van der Waals surface area contributed by atoms with Crippen molar-refractivity contribution >= 4 is 7.82 Å². The van der Waals surface area contributed by atoms with Crippen LogP contribution < -0.4 is 22.1 Å². The van der Waals surface area contributed by atoms with Gasteiger partial charge in [-0.3, -0.25) is 0 Å². The zero-order valence-electron chi connectivity index (χ0n) is 20.9. The van der Waals surface area contributed by atoms with Crippen molar-refractivity contribution in [1.82, 2.24) is 12.3 Å². The number of hydrogen-bond acceptors (Lipinski definition) is 4. The fraction of sp³-hybridized carbons (Fsp3) is 1.00. The van der Waals surface area contributed by atoms with Gasteiger partial charge in [-0.05, 0) is 0 Å². The largest absolute Gasteiger partial charge is 0.790 e. The van der Waals surface area contributed by atoms with E-state index in [2.05, 4.69) is 4.52 Å². The van der Waals surface area contributed by atoms with Gasteiger partial charge in [-0.2, -0.15) is 110 Å². The topological polar surface area (TPSA) is 145 Å². The minimum Gasteiger partial charge on any atom is -0.790 e. The van der Waals surface area contributed by atoms with Crippen molar-refractivity contribution in [2.24, 2.45) is 0 Å². The lowest BCUT2D eigenvalue weighted by Crippen LogP contribution is -2.78. The van der Waals surface area contributed by atoms with Crippen LogP contribution in [0.25, 0.3) is 0 Å². The zero-order valence-corrected chi connectivity index (χ0v) is 21.8. The smallest absolute Gasteiger partial charge is 0.460 e. The average molecular weight is 778 g/mol. The number of quaternary nitrogens is 2. The van der Waals surface area contributed by atoms with Gasteiger partial charge in [-0.15, -0.1) is 0 Å². The molecule has 8 N–H and O–H groups in total. The monoisotopic (exact) mass is 778 g/mol. The van der Waals surface area contributed by atoms with Crippen LogP contribution in [0.15, 0.2) is 0 Å². The van der Waals surface area contributed by atoms with Gasteiger partial charge in [0.2, 0.25) is 0 Å². The Kier molecular flexibility index (Phi) is 13.0. The first-order valence-corrected chi connectivity index (χ1v) is 10.8. The molecular formula is C14H12F25N2O4P. The van der Waals surface area contributed by atoms with Gasteiger partial charge in [-0.1, -0.05) is 0 Å². The fourth-order valence-electron chi connectivity index (χ4n) is 2.43. The van der Waals surface area contributed by atoms with Crippen LogP contribution in [0.4, 0.5) is 110 Å². The van der Waals surface area contributed by atoms with Crippen LogP contribution in [0.1, 0.15) is 6.42 Å². The number of alkyl halides is 25. The molecule has 0 radical (unpaired) electrons. The maximum Gasteiger partial charge on any atom is 0.460 e. The van der Waals surface area contributed by atoms with E-state index in [1.165, 1.54) is 0 Å². The third-order valence-electron chi connectivity index (χ3n) is 5.03. The Hall–Kier alpha value is -1.72. The molecule has 0 spiro atoms. The van der Waals surface area contributed by atoms with Crippen LogP contribution >= 0.6 is 7.82 Å². The van der Waals surface area contributed by atoms with Gasteiger partial charge in [0.1, 0.15) is 0 Å². The van der Waals surface area contributed by atoms with E-state index in [1.54, 1.807) is 0 Å². The standard InChI is InChI=1S/C14H6F25O4P.2H3N/c15-3(16,1-2-43-44(40,41)42)4(17,18)5(19,20)6(21,22)7(23,24)8(25,26)9(27,28)10(29,30)11(31,32)12(33,34)13(35,36)14(37,38)39;;/h1-2H2,(H2,40,41,42);2*1H3. The Bertz CT molecular complexity index is 1100. The number of hydrogen-bond donors (Lipinski definition) is 2. The Morgan fingerprint density at radius 1 is 0.391 bits per heavy atom. The summed E-state index contributed by atoms with van der Waals surface area (Å²) in [5.41, 5.74) is 0. The van der Waals surface area contributed by atoms with Crippen LogP contribution in [-0.4, -0.2) is 77.9 Å². The maximum absolute atomic E-state index is 13.7. The summed E-state index contributed by atoms with van der Waals surface area (Å²) in [7, 11) is -6.52. The summed E-state index contributed by atoms with van der Waals surface area (Å²) in [5, 5.41) is 0. The molecule has 0 heterocycles. The molecule has 0 saturated heterocycles. The molecule has 0 aromatic carbocycles. The first-order valence-electron chi connectivity index (χ1n) is 9.35. The van der Waals surface area contributed by atoms with Gasteiger partial charge in [0.25, 0.3) is 0 Å². The van der Waals surface area contributed by atoms with E-state index >= 15 is 0 Å². The third kappa shape index (κ3) is 6.50. The molecule has 0 aliphatic carbocycles. The van der Waals surface area contributed by atoms with Crippen LogP contribution in [-0.2, 0) is 9.09 Å². The molecule has 0 saturated carbocycles. The second-order valence-corrected chi connectivity index (χ2v) is 9.13. The molecule has 0 amide bonds. The van der Waals surface area contributed by atoms with Crippen molar-refractivity contribution in [2.45, 2.75) is 77.7 Å². The molecule has 0 bridgehead atoms. The van der Waals surface area contributed by atoms with Gasteiger partial charge >= 0.3 is 71.3 Å². The highest BCUT2D eigenvalue weighted by molar-refractivity contribution is 7.43. The summed E-state index contributed by atoms with van der Waals surface area (Å²) >= 11 is 0. The van der Waals surface area contributed by atoms with E-state index in [4.69, 9.17) is 0 Å². The molecule has 0 fully saturated rings. The van der Waals surface area contributed by atoms with E-state index in [1.807, 2.05) is 0 Å². The first kappa shape index (κ1) is 48.7. The van der Waals surface area contributed by atoms with Gasteiger partial charge in [0.05, 0.1) is 14.4 Å². The van der Waals surface area contributed by atoms with Crippen LogP contribution in [0, 0.1) is 0 Å². The highest BCUT2D eigenvalue weighted by Gasteiger charge is 2.99. The predicted octanol–water partition coefficient (Wildman–Crippen LogP) is 7.52. The van der Waals surface area contributed by atoms with Crippen molar-refractivity contribution in [2.75, 3.05) is 6.61 Å². The molecule has 0 rings (SSSR count). The molecule has 32 heteroatoms. The Morgan fingerprint density at radius 3 is 0.783 bits per heavy atom. The molecule has 0 aliphatic rings. The van der Waals surface area contributed by atoms with E-state index in [-0.39, 0.29) is 12.3 Å². The van der Waals surface area contributed by atoms with Gasteiger partial charge < -0.3 is 31.2 Å². The summed E-state index contributed by atoms with van der Waals surface area (Å²) < 4.78 is 344. The molecule has 0 aromatic rings. The lowest BCUT2D eigenvalue weighted by molar-refractivity contribution is -0.482. The first-order chi connectivity index (χ1) is 18.5. The van der Waals surface area contributed by atoms with Gasteiger partial charge in [-0.25, -0.2) is 0 Å². The highest BCUT2D eigenvalue weighted by Crippen LogP contribution is 2.67. The average Bonchev–Trinajstić information content (AvgIpc) is 2.75. The van der Waals surface area contributed by atoms with E-state index in [0.29, 0.717) is 0 Å². The van der Waals surface area contributed by atoms with Crippen LogP contribution in [0.3, 0.4) is 0 Å². The van der Waals surface area contributed by atoms with Crippen molar-refractivity contribution < 1.29 is 129 Å². The Balaban J connectivity index is -0.00000924. The van der Waals surface area contributed by atoms with Crippen molar-refractivity contribution in [3.05, 3.63) is 0 Å². The fourth-order valence-corrected chi connectivity index (χ4v) is 2.74. The van der Waals surface area contributed by atoms with Gasteiger partial charge in [0, 0.05) is 6.42 Å². The number of halogens is 25. The van der Waals surface area contributed by atoms with Crippen LogP contribution in [0.2, 0.25) is 0 Å². The number of phosphoric ester groups is 1. The molecule has 0 unspecified atom stereocenters. The molecular weight excluding hydrogens is 766 g/mol. The zero-order chi connectivity index (χ0) is 36.6. The van der Waals surface area contributed by atoms with E-state index in [0.717, 1.165) is 0 Å². The second-order valence-electron chi connectivity index (χ2n) is 7.98. The quantitative estimate of drug-likeness (QED) is 0.139. The lowest BCUT2D eigenvalue weighted by atomic mass is 9.84. The molecule has 0 atom stereocenters. The normalized spacial score (nSPS) is 16.2. The molecule has 282 valence electrons. The summed E-state index contributed by atoms with van der Waals surface area (Å²) in [4.78, 5) is 20.0. The molecule has 0 aromatic heterocycles. The van der Waals surface area contributed by atoms with Crippen LogP contribution in [0.5, 0.6) is 0 Å².